The van der Waals surface area contributed by atoms with Gasteiger partial charge in [-0.25, -0.2) is 0 Å². The molecule has 2 aromatic rings. The molecule has 0 bridgehead atoms. The first-order chi connectivity index (χ1) is 9.66. The second-order valence-corrected chi connectivity index (χ2v) is 5.52. The number of benzene rings is 2. The molecule has 0 fully saturated rings. The van der Waals surface area contributed by atoms with Crippen LogP contribution in [0, 0.1) is 13.8 Å². The van der Waals surface area contributed by atoms with Crippen LogP contribution < -0.4 is 5.32 Å². The Labute approximate surface area is 119 Å². The molecule has 2 nitrogen and oxygen atoms in total. The third kappa shape index (κ3) is 2.27. The highest BCUT2D eigenvalue weighted by atomic mass is 16.1. The summed E-state index contributed by atoms with van der Waals surface area (Å²) in [6, 6.07) is 14.2. The van der Waals surface area contributed by atoms with E-state index in [1.165, 1.54) is 16.7 Å². The van der Waals surface area contributed by atoms with Gasteiger partial charge in [0.1, 0.15) is 0 Å². The highest BCUT2D eigenvalue weighted by Gasteiger charge is 2.25. The summed E-state index contributed by atoms with van der Waals surface area (Å²) in [4.78, 5) is 12.7. The molecule has 0 saturated carbocycles. The minimum Gasteiger partial charge on any atom is -0.303 e. The Bertz CT molecular complexity index is 660. The molecule has 0 radical (unpaired) electrons. The summed E-state index contributed by atoms with van der Waals surface area (Å²) >= 11 is 0. The van der Waals surface area contributed by atoms with E-state index in [4.69, 9.17) is 0 Å². The largest absolute Gasteiger partial charge is 0.303 e. The van der Waals surface area contributed by atoms with Gasteiger partial charge in [-0.2, -0.15) is 0 Å². The number of Topliss-reactive ketones (excluding diaryl/α,β-unsaturated/α-hetero) is 1. The fourth-order valence-corrected chi connectivity index (χ4v) is 2.85. The molecule has 0 amide bonds. The molecule has 3 rings (SSSR count). The summed E-state index contributed by atoms with van der Waals surface area (Å²) in [5.74, 6) is 0.209. The molecular weight excluding hydrogens is 246 g/mol. The van der Waals surface area contributed by atoms with E-state index in [-0.39, 0.29) is 11.8 Å². The number of rotatable bonds is 2. The average molecular weight is 265 g/mol. The van der Waals surface area contributed by atoms with Crippen molar-refractivity contribution in [3.8, 4) is 0 Å². The number of ketones is 1. The Morgan fingerprint density at radius 3 is 2.60 bits per heavy atom. The lowest BCUT2D eigenvalue weighted by Gasteiger charge is -2.25. The summed E-state index contributed by atoms with van der Waals surface area (Å²) in [5, 5.41) is 3.37. The van der Waals surface area contributed by atoms with E-state index in [0.29, 0.717) is 0 Å². The zero-order chi connectivity index (χ0) is 14.1. The van der Waals surface area contributed by atoms with Crippen molar-refractivity contribution in [2.45, 2.75) is 32.9 Å². The average Bonchev–Trinajstić information content (AvgIpc) is 2.49. The zero-order valence-electron chi connectivity index (χ0n) is 11.9. The number of carbonyl (C=O) groups excluding carboxylic acids is 1. The van der Waals surface area contributed by atoms with E-state index in [9.17, 15) is 4.79 Å². The molecule has 20 heavy (non-hydrogen) atoms. The van der Waals surface area contributed by atoms with Crippen LogP contribution >= 0.6 is 0 Å². The van der Waals surface area contributed by atoms with E-state index in [2.05, 4.69) is 30.4 Å². The molecule has 1 aliphatic rings. The maximum Gasteiger partial charge on any atom is 0.180 e. The predicted molar refractivity (Wildman–Crippen MR) is 81.0 cm³/mol. The van der Waals surface area contributed by atoms with Crippen LogP contribution in [0.1, 0.15) is 32.6 Å². The molecule has 0 saturated heterocycles. The van der Waals surface area contributed by atoms with Crippen molar-refractivity contribution in [2.75, 3.05) is 0 Å². The van der Waals surface area contributed by atoms with Crippen molar-refractivity contribution in [2.24, 2.45) is 0 Å². The monoisotopic (exact) mass is 265 g/mol. The van der Waals surface area contributed by atoms with Gasteiger partial charge in [0.2, 0.25) is 0 Å². The van der Waals surface area contributed by atoms with Crippen LogP contribution in [-0.2, 0) is 13.0 Å². The molecule has 0 aliphatic carbocycles. The molecule has 1 atom stereocenters. The number of nitrogens with one attached hydrogen (secondary N) is 1. The van der Waals surface area contributed by atoms with Gasteiger partial charge in [0, 0.05) is 12.1 Å². The van der Waals surface area contributed by atoms with Gasteiger partial charge in [-0.05, 0) is 42.5 Å². The van der Waals surface area contributed by atoms with Crippen molar-refractivity contribution in [3.63, 3.8) is 0 Å². The van der Waals surface area contributed by atoms with Crippen molar-refractivity contribution in [3.05, 3.63) is 70.3 Å². The van der Waals surface area contributed by atoms with Crippen LogP contribution in [0.25, 0.3) is 0 Å². The Kier molecular flexibility index (Phi) is 3.41. The van der Waals surface area contributed by atoms with Crippen LogP contribution in [0.5, 0.6) is 0 Å². The maximum absolute atomic E-state index is 12.7. The fourth-order valence-electron chi connectivity index (χ4n) is 2.85. The van der Waals surface area contributed by atoms with Gasteiger partial charge in [-0.15, -0.1) is 0 Å². The summed E-state index contributed by atoms with van der Waals surface area (Å²) in [7, 11) is 0. The normalized spacial score (nSPS) is 17.6. The Hall–Kier alpha value is -1.93. The first-order valence-corrected chi connectivity index (χ1v) is 7.07. The van der Waals surface area contributed by atoms with Gasteiger partial charge in [0.15, 0.2) is 5.78 Å². The minimum absolute atomic E-state index is 0.106. The molecule has 1 N–H and O–H groups in total. The lowest BCUT2D eigenvalue weighted by atomic mass is 9.89. The van der Waals surface area contributed by atoms with Crippen LogP contribution in [0.15, 0.2) is 42.5 Å². The van der Waals surface area contributed by atoms with Gasteiger partial charge in [0.05, 0.1) is 6.04 Å². The Morgan fingerprint density at radius 1 is 1.05 bits per heavy atom. The molecule has 0 spiro atoms. The molecule has 0 aromatic heterocycles. The second-order valence-electron chi connectivity index (χ2n) is 5.52. The van der Waals surface area contributed by atoms with E-state index in [1.54, 1.807) is 0 Å². The lowest BCUT2D eigenvalue weighted by molar-refractivity contribution is 0.0937. The Balaban J connectivity index is 1.88. The van der Waals surface area contributed by atoms with Crippen molar-refractivity contribution < 1.29 is 4.79 Å². The zero-order valence-corrected chi connectivity index (χ0v) is 11.9. The number of aryl methyl sites for hydroxylation is 1. The SMILES string of the molecule is Cc1cccc(C(=O)C2Cc3ccccc3CN2)c1C. The van der Waals surface area contributed by atoms with E-state index in [0.717, 1.165) is 24.1 Å². The van der Waals surface area contributed by atoms with Crippen molar-refractivity contribution in [1.82, 2.24) is 5.32 Å². The third-order valence-corrected chi connectivity index (χ3v) is 4.27. The van der Waals surface area contributed by atoms with Gasteiger partial charge in [0.25, 0.3) is 0 Å². The molecular formula is C18H19NO. The van der Waals surface area contributed by atoms with Crippen LogP contribution in [-0.4, -0.2) is 11.8 Å². The predicted octanol–water partition coefficient (Wildman–Crippen LogP) is 3.20. The van der Waals surface area contributed by atoms with Gasteiger partial charge in [-0.1, -0.05) is 42.5 Å². The van der Waals surface area contributed by atoms with Crippen LogP contribution in [0.3, 0.4) is 0 Å². The first-order valence-electron chi connectivity index (χ1n) is 7.07. The number of carbonyl (C=O) groups is 1. The van der Waals surface area contributed by atoms with Crippen LogP contribution in [0.2, 0.25) is 0 Å². The number of hydrogen-bond donors (Lipinski definition) is 1. The fraction of sp³-hybridized carbons (Fsp3) is 0.278. The van der Waals surface area contributed by atoms with Gasteiger partial charge in [-0.3, -0.25) is 4.79 Å². The summed E-state index contributed by atoms with van der Waals surface area (Å²) in [6.45, 7) is 4.85. The van der Waals surface area contributed by atoms with Crippen molar-refractivity contribution in [1.29, 1.82) is 0 Å². The summed E-state index contributed by atoms with van der Waals surface area (Å²) in [6.07, 6.45) is 0.780. The molecule has 1 aliphatic heterocycles. The quantitative estimate of drug-likeness (QED) is 0.845. The molecule has 1 unspecified atom stereocenters. The lowest BCUT2D eigenvalue weighted by Crippen LogP contribution is -2.42. The minimum atomic E-state index is -0.106. The smallest absolute Gasteiger partial charge is 0.180 e. The van der Waals surface area contributed by atoms with Crippen LogP contribution in [0.4, 0.5) is 0 Å². The topological polar surface area (TPSA) is 29.1 Å². The van der Waals surface area contributed by atoms with E-state index < -0.39 is 0 Å². The summed E-state index contributed by atoms with van der Waals surface area (Å²) in [5.41, 5.74) is 5.71. The highest BCUT2D eigenvalue weighted by Crippen LogP contribution is 2.21. The summed E-state index contributed by atoms with van der Waals surface area (Å²) < 4.78 is 0. The molecule has 1 heterocycles. The van der Waals surface area contributed by atoms with Gasteiger partial charge < -0.3 is 5.32 Å². The standard InChI is InChI=1S/C18H19NO/c1-12-6-5-9-16(13(12)2)18(20)17-10-14-7-3-4-8-15(14)11-19-17/h3-9,17,19H,10-11H2,1-2H3. The number of hydrogen-bond acceptors (Lipinski definition) is 2. The van der Waals surface area contributed by atoms with Crippen molar-refractivity contribution >= 4 is 5.78 Å². The van der Waals surface area contributed by atoms with E-state index in [1.807, 2.05) is 31.2 Å². The van der Waals surface area contributed by atoms with Gasteiger partial charge >= 0.3 is 0 Å². The second kappa shape index (κ2) is 5.22. The van der Waals surface area contributed by atoms with E-state index >= 15 is 0 Å². The maximum atomic E-state index is 12.7. The third-order valence-electron chi connectivity index (χ3n) is 4.27. The molecule has 102 valence electrons. The first kappa shape index (κ1) is 13.1. The number of fused-ring (bicyclic) bond motifs is 1. The Morgan fingerprint density at radius 2 is 1.80 bits per heavy atom. The highest BCUT2D eigenvalue weighted by molar-refractivity contribution is 6.01. The molecule has 2 aromatic carbocycles. The molecule has 2 heteroatoms.